The van der Waals surface area contributed by atoms with Crippen molar-refractivity contribution in [2.45, 2.75) is 25.8 Å². The van der Waals surface area contributed by atoms with Gasteiger partial charge in [0.25, 0.3) is 0 Å². The third-order valence-electron chi connectivity index (χ3n) is 2.97. The maximum atomic E-state index is 11.6. The van der Waals surface area contributed by atoms with Crippen molar-refractivity contribution >= 4 is 23.5 Å². The van der Waals surface area contributed by atoms with E-state index in [1.165, 1.54) is 6.07 Å². The van der Waals surface area contributed by atoms with Crippen LogP contribution in [0.2, 0.25) is 0 Å². The van der Waals surface area contributed by atoms with E-state index < -0.39 is 17.9 Å². The second-order valence-electron chi connectivity index (χ2n) is 4.50. The molecule has 1 aromatic rings. The molecular formula is C13H14N2O4. The lowest BCUT2D eigenvalue weighted by molar-refractivity contribution is -0.133. The first-order chi connectivity index (χ1) is 8.97. The first-order valence-electron chi connectivity index (χ1n) is 5.91. The van der Waals surface area contributed by atoms with Crippen molar-refractivity contribution in [3.05, 3.63) is 29.3 Å². The number of hydrogen-bond acceptors (Lipinski definition) is 4. The van der Waals surface area contributed by atoms with E-state index in [1.807, 2.05) is 0 Å². The summed E-state index contributed by atoms with van der Waals surface area (Å²) < 4.78 is 0. The Morgan fingerprint density at radius 3 is 2.79 bits per heavy atom. The molecule has 2 amide bonds. The summed E-state index contributed by atoms with van der Waals surface area (Å²) in [7, 11) is 0. The Hall–Kier alpha value is -2.37. The molecule has 0 bridgehead atoms. The van der Waals surface area contributed by atoms with Gasteiger partial charge in [0.2, 0.25) is 11.8 Å². The molecule has 0 spiro atoms. The summed E-state index contributed by atoms with van der Waals surface area (Å²) in [6, 6.07) is 4.35. The zero-order chi connectivity index (χ0) is 14.0. The molecule has 1 aliphatic heterocycles. The predicted molar refractivity (Wildman–Crippen MR) is 67.9 cm³/mol. The minimum absolute atomic E-state index is 0.115. The lowest BCUT2D eigenvalue weighted by Gasteiger charge is -2.23. The second kappa shape index (κ2) is 5.09. The molecule has 3 N–H and O–H groups in total. The van der Waals surface area contributed by atoms with Crippen molar-refractivity contribution in [1.29, 1.82) is 0 Å². The largest absolute Gasteiger partial charge is 0.478 e. The molecule has 0 saturated carbocycles. The Balaban J connectivity index is 2.21. The van der Waals surface area contributed by atoms with Crippen LogP contribution < -0.4 is 10.6 Å². The number of amides is 2. The highest BCUT2D eigenvalue weighted by molar-refractivity contribution is 6.02. The lowest BCUT2D eigenvalue weighted by atomic mass is 10.0. The van der Waals surface area contributed by atoms with Crippen LogP contribution >= 0.6 is 0 Å². The van der Waals surface area contributed by atoms with Gasteiger partial charge in [-0.25, -0.2) is 4.79 Å². The fraction of sp³-hybridized carbons (Fsp3) is 0.308. The average molecular weight is 262 g/mol. The van der Waals surface area contributed by atoms with Crippen LogP contribution in [0, 0.1) is 6.92 Å². The molecule has 1 heterocycles. The molecule has 1 unspecified atom stereocenters. The van der Waals surface area contributed by atoms with Crippen LogP contribution in [-0.2, 0) is 9.59 Å². The fourth-order valence-electron chi connectivity index (χ4n) is 1.98. The van der Waals surface area contributed by atoms with Crippen LogP contribution in [0.5, 0.6) is 0 Å². The summed E-state index contributed by atoms with van der Waals surface area (Å²) in [5.41, 5.74) is 1.32. The van der Waals surface area contributed by atoms with Gasteiger partial charge in [-0.15, -0.1) is 0 Å². The van der Waals surface area contributed by atoms with Gasteiger partial charge in [0.1, 0.15) is 6.04 Å². The SMILES string of the molecule is Cc1ccc(NC2CCC(=O)NC2=O)c(C(=O)O)c1. The monoisotopic (exact) mass is 262 g/mol. The van der Waals surface area contributed by atoms with E-state index in [0.717, 1.165) is 5.56 Å². The smallest absolute Gasteiger partial charge is 0.337 e. The number of benzene rings is 1. The highest BCUT2D eigenvalue weighted by Gasteiger charge is 2.27. The number of carboxylic acids is 1. The molecule has 2 rings (SSSR count). The Kier molecular flexibility index (Phi) is 3.50. The van der Waals surface area contributed by atoms with Crippen molar-refractivity contribution in [3.8, 4) is 0 Å². The first-order valence-corrected chi connectivity index (χ1v) is 5.91. The summed E-state index contributed by atoms with van der Waals surface area (Å²) in [4.78, 5) is 33.8. The van der Waals surface area contributed by atoms with Crippen molar-refractivity contribution < 1.29 is 19.5 Å². The number of aryl methyl sites for hydroxylation is 1. The van der Waals surface area contributed by atoms with Crippen molar-refractivity contribution in [2.24, 2.45) is 0 Å². The molecule has 1 atom stereocenters. The minimum atomic E-state index is -1.06. The predicted octanol–water partition coefficient (Wildman–Crippen LogP) is 0.910. The molecular weight excluding hydrogens is 248 g/mol. The number of carbonyl (C=O) groups is 3. The number of rotatable bonds is 3. The topological polar surface area (TPSA) is 95.5 Å². The first kappa shape index (κ1) is 13.1. The van der Waals surface area contributed by atoms with E-state index in [4.69, 9.17) is 5.11 Å². The minimum Gasteiger partial charge on any atom is -0.478 e. The number of aromatic carboxylic acids is 1. The highest BCUT2D eigenvalue weighted by atomic mass is 16.4. The highest BCUT2D eigenvalue weighted by Crippen LogP contribution is 2.20. The summed E-state index contributed by atoms with van der Waals surface area (Å²) >= 11 is 0. The van der Waals surface area contributed by atoms with Crippen LogP contribution in [0.3, 0.4) is 0 Å². The molecule has 1 aliphatic rings. The van der Waals surface area contributed by atoms with Crippen LogP contribution in [0.4, 0.5) is 5.69 Å². The Morgan fingerprint density at radius 1 is 1.42 bits per heavy atom. The van der Waals surface area contributed by atoms with Gasteiger partial charge in [0.15, 0.2) is 0 Å². The molecule has 1 aromatic carbocycles. The molecule has 100 valence electrons. The van der Waals surface area contributed by atoms with E-state index in [-0.39, 0.29) is 17.9 Å². The van der Waals surface area contributed by atoms with Gasteiger partial charge in [0, 0.05) is 12.1 Å². The van der Waals surface area contributed by atoms with Gasteiger partial charge in [-0.3, -0.25) is 14.9 Å². The van der Waals surface area contributed by atoms with Crippen molar-refractivity contribution in [3.63, 3.8) is 0 Å². The number of hydrogen-bond donors (Lipinski definition) is 3. The molecule has 6 heteroatoms. The number of carboxylic acid groups (broad SMARTS) is 1. The number of piperidine rings is 1. The molecule has 19 heavy (non-hydrogen) atoms. The second-order valence-corrected chi connectivity index (χ2v) is 4.50. The van der Waals surface area contributed by atoms with E-state index in [0.29, 0.717) is 12.1 Å². The lowest BCUT2D eigenvalue weighted by Crippen LogP contribution is -2.47. The van der Waals surface area contributed by atoms with Crippen LogP contribution in [0.15, 0.2) is 18.2 Å². The maximum Gasteiger partial charge on any atom is 0.337 e. The number of nitrogens with one attached hydrogen (secondary N) is 2. The van der Waals surface area contributed by atoms with Gasteiger partial charge in [-0.1, -0.05) is 11.6 Å². The van der Waals surface area contributed by atoms with Crippen LogP contribution in [0.1, 0.15) is 28.8 Å². The van der Waals surface area contributed by atoms with E-state index >= 15 is 0 Å². The Labute approximate surface area is 109 Å². The van der Waals surface area contributed by atoms with Crippen LogP contribution in [-0.4, -0.2) is 28.9 Å². The number of anilines is 1. The molecule has 6 nitrogen and oxygen atoms in total. The van der Waals surface area contributed by atoms with E-state index in [1.54, 1.807) is 19.1 Å². The Bertz CT molecular complexity index is 554. The quantitative estimate of drug-likeness (QED) is 0.704. The van der Waals surface area contributed by atoms with Crippen molar-refractivity contribution in [2.75, 3.05) is 5.32 Å². The van der Waals surface area contributed by atoms with Gasteiger partial charge in [-0.05, 0) is 25.5 Å². The normalized spacial score (nSPS) is 18.9. The molecule has 1 saturated heterocycles. The van der Waals surface area contributed by atoms with Gasteiger partial charge in [0.05, 0.1) is 5.56 Å². The Morgan fingerprint density at radius 2 is 2.16 bits per heavy atom. The van der Waals surface area contributed by atoms with Crippen molar-refractivity contribution in [1.82, 2.24) is 5.32 Å². The molecule has 0 aromatic heterocycles. The molecule has 0 radical (unpaired) electrons. The summed E-state index contributed by atoms with van der Waals surface area (Å²) in [6.07, 6.45) is 0.606. The third-order valence-corrected chi connectivity index (χ3v) is 2.97. The average Bonchev–Trinajstić information content (AvgIpc) is 2.34. The van der Waals surface area contributed by atoms with E-state index in [9.17, 15) is 14.4 Å². The zero-order valence-corrected chi connectivity index (χ0v) is 10.4. The standard InChI is InChI=1S/C13H14N2O4/c1-7-2-3-9(8(6-7)13(18)19)14-10-4-5-11(16)15-12(10)17/h2-3,6,10,14H,4-5H2,1H3,(H,18,19)(H,15,16,17). The summed E-state index contributed by atoms with van der Waals surface area (Å²) in [6.45, 7) is 1.79. The summed E-state index contributed by atoms with van der Waals surface area (Å²) in [5.74, 6) is -1.78. The number of imide groups is 1. The zero-order valence-electron chi connectivity index (χ0n) is 10.4. The van der Waals surface area contributed by atoms with Gasteiger partial charge < -0.3 is 10.4 Å². The van der Waals surface area contributed by atoms with Crippen LogP contribution in [0.25, 0.3) is 0 Å². The van der Waals surface area contributed by atoms with Gasteiger partial charge in [-0.2, -0.15) is 0 Å². The van der Waals surface area contributed by atoms with Gasteiger partial charge >= 0.3 is 5.97 Å². The molecule has 0 aliphatic carbocycles. The molecule has 1 fully saturated rings. The maximum absolute atomic E-state index is 11.6. The number of carbonyl (C=O) groups excluding carboxylic acids is 2. The fourth-order valence-corrected chi connectivity index (χ4v) is 1.98. The third kappa shape index (κ3) is 2.90. The van der Waals surface area contributed by atoms with E-state index in [2.05, 4.69) is 10.6 Å². The summed E-state index contributed by atoms with van der Waals surface area (Å²) in [5, 5.41) is 14.2.